The first-order valence-corrected chi connectivity index (χ1v) is 10.2. The van der Waals surface area contributed by atoms with Gasteiger partial charge >= 0.3 is 0 Å². The first kappa shape index (κ1) is 18.6. The summed E-state index contributed by atoms with van der Waals surface area (Å²) >= 11 is 1.55. The predicted octanol–water partition coefficient (Wildman–Crippen LogP) is 3.53. The molecule has 3 aromatic rings. The van der Waals surface area contributed by atoms with Crippen molar-refractivity contribution < 1.29 is 9.53 Å². The van der Waals surface area contributed by atoms with Gasteiger partial charge in [-0.25, -0.2) is 9.97 Å². The molecule has 0 aliphatic carbocycles. The molecule has 3 heterocycles. The molecule has 7 heteroatoms. The molecule has 0 bridgehead atoms. The van der Waals surface area contributed by atoms with Gasteiger partial charge in [0.25, 0.3) is 0 Å². The summed E-state index contributed by atoms with van der Waals surface area (Å²) in [7, 11) is 0. The molecule has 0 atom stereocenters. The highest BCUT2D eigenvalue weighted by Gasteiger charge is 2.13. The summed E-state index contributed by atoms with van der Waals surface area (Å²) in [5.41, 5.74) is 4.09. The smallest absolute Gasteiger partial charge is 0.231 e. The van der Waals surface area contributed by atoms with Gasteiger partial charge in [-0.05, 0) is 25.1 Å². The Hall–Kier alpha value is -2.77. The Bertz CT molecular complexity index is 949. The van der Waals surface area contributed by atoms with Crippen molar-refractivity contribution in [3.05, 3.63) is 59.2 Å². The number of hydrogen-bond acceptors (Lipinski definition) is 6. The number of anilines is 2. The molecule has 1 aliphatic rings. The van der Waals surface area contributed by atoms with Crippen molar-refractivity contribution in [2.75, 3.05) is 36.5 Å². The van der Waals surface area contributed by atoms with E-state index in [9.17, 15) is 4.79 Å². The van der Waals surface area contributed by atoms with E-state index in [1.165, 1.54) is 5.56 Å². The maximum Gasteiger partial charge on any atom is 0.231 e. The van der Waals surface area contributed by atoms with Gasteiger partial charge in [0.1, 0.15) is 10.8 Å². The standard InChI is InChI=1S/C21H22N4O2S/c1-15-3-2-4-16(11-15)21-23-17(14-28-21)12-20(26)24-19-6-5-18(13-22-19)25-7-9-27-10-8-25/h2-6,11,13-14H,7-10,12H2,1H3,(H,22,24,26). The number of aromatic nitrogens is 2. The second-order valence-corrected chi connectivity index (χ2v) is 7.60. The Kier molecular flexibility index (Phi) is 5.64. The van der Waals surface area contributed by atoms with Crippen molar-refractivity contribution >= 4 is 28.7 Å². The number of hydrogen-bond donors (Lipinski definition) is 1. The number of carbonyl (C=O) groups is 1. The molecule has 1 N–H and O–H groups in total. The summed E-state index contributed by atoms with van der Waals surface area (Å²) in [5, 5.41) is 5.72. The van der Waals surface area contributed by atoms with Gasteiger partial charge in [-0.2, -0.15) is 0 Å². The fourth-order valence-electron chi connectivity index (χ4n) is 3.12. The molecule has 2 aromatic heterocycles. The summed E-state index contributed by atoms with van der Waals surface area (Å²) in [5.74, 6) is 0.434. The Balaban J connectivity index is 1.35. The molecule has 1 amide bonds. The van der Waals surface area contributed by atoms with E-state index in [0.717, 1.165) is 48.3 Å². The van der Waals surface area contributed by atoms with Crippen LogP contribution in [0.2, 0.25) is 0 Å². The van der Waals surface area contributed by atoms with E-state index in [1.807, 2.05) is 29.6 Å². The Labute approximate surface area is 168 Å². The van der Waals surface area contributed by atoms with E-state index in [-0.39, 0.29) is 12.3 Å². The van der Waals surface area contributed by atoms with E-state index < -0.39 is 0 Å². The minimum atomic E-state index is -0.118. The minimum Gasteiger partial charge on any atom is -0.378 e. The zero-order chi connectivity index (χ0) is 19.3. The molecule has 28 heavy (non-hydrogen) atoms. The number of thiazole rings is 1. The van der Waals surface area contributed by atoms with E-state index in [0.29, 0.717) is 5.82 Å². The normalized spacial score (nSPS) is 14.1. The fraction of sp³-hybridized carbons (Fsp3) is 0.286. The lowest BCUT2D eigenvalue weighted by Crippen LogP contribution is -2.36. The van der Waals surface area contributed by atoms with Crippen LogP contribution in [0, 0.1) is 6.92 Å². The van der Waals surface area contributed by atoms with Gasteiger partial charge in [0.05, 0.1) is 37.2 Å². The monoisotopic (exact) mass is 394 g/mol. The number of carbonyl (C=O) groups excluding carboxylic acids is 1. The van der Waals surface area contributed by atoms with Crippen molar-refractivity contribution in [1.29, 1.82) is 0 Å². The molecule has 0 spiro atoms. The number of benzene rings is 1. The maximum absolute atomic E-state index is 12.4. The van der Waals surface area contributed by atoms with Crippen molar-refractivity contribution in [1.82, 2.24) is 9.97 Å². The van der Waals surface area contributed by atoms with Gasteiger partial charge in [0.2, 0.25) is 5.91 Å². The number of morpholine rings is 1. The highest BCUT2D eigenvalue weighted by Crippen LogP contribution is 2.24. The van der Waals surface area contributed by atoms with Crippen LogP contribution in [-0.4, -0.2) is 42.2 Å². The second kappa shape index (κ2) is 8.50. The number of pyridine rings is 1. The number of nitrogens with one attached hydrogen (secondary N) is 1. The lowest BCUT2D eigenvalue weighted by molar-refractivity contribution is -0.115. The summed E-state index contributed by atoms with van der Waals surface area (Å²) in [6.07, 6.45) is 2.02. The van der Waals surface area contributed by atoms with Crippen molar-refractivity contribution in [2.45, 2.75) is 13.3 Å². The predicted molar refractivity (Wildman–Crippen MR) is 112 cm³/mol. The number of nitrogens with zero attached hydrogens (tertiary/aromatic N) is 3. The number of rotatable bonds is 5. The van der Waals surface area contributed by atoms with Crippen LogP contribution in [0.3, 0.4) is 0 Å². The molecule has 1 fully saturated rings. The SMILES string of the molecule is Cc1cccc(-c2nc(CC(=O)Nc3ccc(N4CCOCC4)cn3)cs2)c1. The molecule has 4 rings (SSSR count). The summed E-state index contributed by atoms with van der Waals surface area (Å²) in [4.78, 5) is 23.5. The number of amides is 1. The van der Waals surface area contributed by atoms with Crippen LogP contribution in [0.1, 0.15) is 11.3 Å². The Morgan fingerprint density at radius 3 is 2.86 bits per heavy atom. The molecule has 0 unspecified atom stereocenters. The zero-order valence-electron chi connectivity index (χ0n) is 15.7. The average molecular weight is 395 g/mol. The maximum atomic E-state index is 12.4. The van der Waals surface area contributed by atoms with Crippen LogP contribution in [0.15, 0.2) is 48.0 Å². The second-order valence-electron chi connectivity index (χ2n) is 6.74. The van der Waals surface area contributed by atoms with Gasteiger partial charge in [-0.15, -0.1) is 11.3 Å². The molecule has 144 valence electrons. The van der Waals surface area contributed by atoms with Crippen LogP contribution in [-0.2, 0) is 16.0 Å². The van der Waals surface area contributed by atoms with Gasteiger partial charge in [-0.1, -0.05) is 23.8 Å². The van der Waals surface area contributed by atoms with Crippen LogP contribution in [0.5, 0.6) is 0 Å². The van der Waals surface area contributed by atoms with Crippen LogP contribution in [0.4, 0.5) is 11.5 Å². The van der Waals surface area contributed by atoms with E-state index in [1.54, 1.807) is 17.5 Å². The third kappa shape index (κ3) is 4.55. The minimum absolute atomic E-state index is 0.118. The molecular formula is C21H22N4O2S. The van der Waals surface area contributed by atoms with E-state index in [2.05, 4.69) is 39.2 Å². The lowest BCUT2D eigenvalue weighted by Gasteiger charge is -2.28. The first-order chi connectivity index (χ1) is 13.7. The van der Waals surface area contributed by atoms with Crippen LogP contribution in [0.25, 0.3) is 10.6 Å². The third-order valence-corrected chi connectivity index (χ3v) is 5.49. The largest absolute Gasteiger partial charge is 0.378 e. The Morgan fingerprint density at radius 1 is 1.25 bits per heavy atom. The van der Waals surface area contributed by atoms with Gasteiger partial charge in [0, 0.05) is 24.0 Å². The van der Waals surface area contributed by atoms with Crippen molar-refractivity contribution in [3.63, 3.8) is 0 Å². The zero-order valence-corrected chi connectivity index (χ0v) is 16.5. The lowest BCUT2D eigenvalue weighted by atomic mass is 10.1. The van der Waals surface area contributed by atoms with Crippen LogP contribution >= 0.6 is 11.3 Å². The van der Waals surface area contributed by atoms with E-state index >= 15 is 0 Å². The summed E-state index contributed by atoms with van der Waals surface area (Å²) in [6, 6.07) is 12.0. The van der Waals surface area contributed by atoms with Crippen LogP contribution < -0.4 is 10.2 Å². The van der Waals surface area contributed by atoms with Crippen molar-refractivity contribution in [2.24, 2.45) is 0 Å². The highest BCUT2D eigenvalue weighted by atomic mass is 32.1. The third-order valence-electron chi connectivity index (χ3n) is 4.55. The molecule has 0 saturated carbocycles. The number of ether oxygens (including phenoxy) is 1. The molecule has 1 aliphatic heterocycles. The topological polar surface area (TPSA) is 67.4 Å². The summed E-state index contributed by atoms with van der Waals surface area (Å²) in [6.45, 7) is 5.25. The first-order valence-electron chi connectivity index (χ1n) is 9.27. The molecule has 6 nitrogen and oxygen atoms in total. The van der Waals surface area contributed by atoms with Crippen molar-refractivity contribution in [3.8, 4) is 10.6 Å². The average Bonchev–Trinajstić information content (AvgIpc) is 3.17. The molecular weight excluding hydrogens is 372 g/mol. The molecule has 0 radical (unpaired) electrons. The van der Waals surface area contributed by atoms with Gasteiger partial charge in [-0.3, -0.25) is 4.79 Å². The van der Waals surface area contributed by atoms with E-state index in [4.69, 9.17) is 4.74 Å². The summed E-state index contributed by atoms with van der Waals surface area (Å²) < 4.78 is 5.37. The molecule has 1 saturated heterocycles. The van der Waals surface area contributed by atoms with Gasteiger partial charge in [0.15, 0.2) is 0 Å². The van der Waals surface area contributed by atoms with Gasteiger partial charge < -0.3 is 15.0 Å². The fourth-order valence-corrected chi connectivity index (χ4v) is 3.94. The Morgan fingerprint density at radius 2 is 2.11 bits per heavy atom. The quantitative estimate of drug-likeness (QED) is 0.717. The highest BCUT2D eigenvalue weighted by molar-refractivity contribution is 7.13. The number of aryl methyl sites for hydroxylation is 1. The molecule has 1 aromatic carbocycles.